The summed E-state index contributed by atoms with van der Waals surface area (Å²) in [5, 5.41) is 9.20. The van der Waals surface area contributed by atoms with Crippen molar-refractivity contribution in [1.82, 2.24) is 0 Å². The number of hydrogen-bond acceptors (Lipinski definition) is 1. The summed E-state index contributed by atoms with van der Waals surface area (Å²) in [6.45, 7) is 0. The molecule has 0 bridgehead atoms. The zero-order chi connectivity index (χ0) is 17.8. The maximum Gasteiger partial charge on any atom is 0.0349 e. The van der Waals surface area contributed by atoms with Crippen LogP contribution in [-0.4, -0.2) is 0 Å². The SMILES string of the molecule is C1=Cc2c(c3cc(-c4csc5ccccc45)ccc3c3ccccc23)CC1. The number of benzene rings is 4. The molecule has 1 heteroatoms. The number of aryl methyl sites for hydroxylation is 1. The van der Waals surface area contributed by atoms with E-state index in [1.54, 1.807) is 0 Å². The van der Waals surface area contributed by atoms with Crippen molar-refractivity contribution in [3.8, 4) is 11.1 Å². The van der Waals surface area contributed by atoms with Gasteiger partial charge in [-0.1, -0.05) is 66.7 Å². The normalized spacial score (nSPS) is 13.5. The third kappa shape index (κ3) is 2.22. The molecule has 4 aromatic carbocycles. The molecule has 0 fully saturated rings. The van der Waals surface area contributed by atoms with Crippen LogP contribution >= 0.6 is 11.3 Å². The molecular weight excluding hydrogens is 344 g/mol. The summed E-state index contributed by atoms with van der Waals surface area (Å²) in [6, 6.07) is 24.6. The lowest BCUT2D eigenvalue weighted by atomic mass is 9.85. The standard InChI is InChI=1S/C26H18S/c1-2-9-20-18(7-1)19-8-3-4-10-21(19)24-15-17(13-14-22(20)24)25-16-27-26-12-6-5-11-23(25)26/h1-3,5-9,11-16H,4,10H2. The van der Waals surface area contributed by atoms with Gasteiger partial charge >= 0.3 is 0 Å². The van der Waals surface area contributed by atoms with E-state index in [2.05, 4.69) is 84.3 Å². The number of rotatable bonds is 1. The average Bonchev–Trinajstić information content (AvgIpc) is 3.18. The summed E-state index contributed by atoms with van der Waals surface area (Å²) in [5.74, 6) is 0. The first kappa shape index (κ1) is 15.2. The van der Waals surface area contributed by atoms with Crippen LogP contribution < -0.4 is 0 Å². The molecule has 0 radical (unpaired) electrons. The molecule has 0 saturated heterocycles. The lowest BCUT2D eigenvalue weighted by Crippen LogP contribution is -1.98. The second-order valence-electron chi connectivity index (χ2n) is 7.28. The summed E-state index contributed by atoms with van der Waals surface area (Å²) in [4.78, 5) is 0. The van der Waals surface area contributed by atoms with Gasteiger partial charge in [0.05, 0.1) is 0 Å². The topological polar surface area (TPSA) is 0 Å². The largest absolute Gasteiger partial charge is 0.143 e. The minimum atomic E-state index is 1.13. The third-order valence-corrected chi connectivity index (χ3v) is 6.78. The molecule has 0 N–H and O–H groups in total. The average molecular weight is 362 g/mol. The van der Waals surface area contributed by atoms with Crippen LogP contribution in [0, 0.1) is 0 Å². The molecular formula is C26H18S. The highest BCUT2D eigenvalue weighted by Gasteiger charge is 2.16. The Morgan fingerprint density at radius 2 is 1.48 bits per heavy atom. The van der Waals surface area contributed by atoms with E-state index in [1.165, 1.54) is 53.9 Å². The van der Waals surface area contributed by atoms with Crippen LogP contribution in [0.5, 0.6) is 0 Å². The summed E-state index contributed by atoms with van der Waals surface area (Å²) in [6.07, 6.45) is 6.90. The predicted octanol–water partition coefficient (Wildman–Crippen LogP) is 7.83. The molecule has 0 amide bonds. The molecule has 0 nitrogen and oxygen atoms in total. The van der Waals surface area contributed by atoms with E-state index in [4.69, 9.17) is 0 Å². The molecule has 0 aliphatic heterocycles. The maximum absolute atomic E-state index is 2.42. The van der Waals surface area contributed by atoms with Crippen LogP contribution in [0.25, 0.3) is 48.8 Å². The predicted molar refractivity (Wildman–Crippen MR) is 120 cm³/mol. The van der Waals surface area contributed by atoms with Crippen LogP contribution in [0.2, 0.25) is 0 Å². The molecule has 128 valence electrons. The van der Waals surface area contributed by atoms with E-state index in [0.717, 1.165) is 12.8 Å². The zero-order valence-corrected chi connectivity index (χ0v) is 15.7. The van der Waals surface area contributed by atoms with Crippen LogP contribution in [0.1, 0.15) is 17.5 Å². The lowest BCUT2D eigenvalue weighted by molar-refractivity contribution is 1.00. The molecule has 27 heavy (non-hydrogen) atoms. The number of thiophene rings is 1. The Hall–Kier alpha value is -2.90. The molecule has 5 aromatic rings. The first-order chi connectivity index (χ1) is 13.4. The highest BCUT2D eigenvalue weighted by Crippen LogP contribution is 2.40. The molecule has 0 spiro atoms. The van der Waals surface area contributed by atoms with Crippen molar-refractivity contribution in [2.45, 2.75) is 12.8 Å². The summed E-state index contributed by atoms with van der Waals surface area (Å²) < 4.78 is 1.36. The quantitative estimate of drug-likeness (QED) is 0.266. The highest BCUT2D eigenvalue weighted by molar-refractivity contribution is 7.17. The van der Waals surface area contributed by atoms with Gasteiger partial charge in [-0.3, -0.25) is 0 Å². The summed E-state index contributed by atoms with van der Waals surface area (Å²) in [5.41, 5.74) is 5.60. The minimum Gasteiger partial charge on any atom is -0.143 e. The van der Waals surface area contributed by atoms with Crippen molar-refractivity contribution < 1.29 is 0 Å². The van der Waals surface area contributed by atoms with Crippen molar-refractivity contribution in [3.63, 3.8) is 0 Å². The molecule has 1 aliphatic carbocycles. The monoisotopic (exact) mass is 362 g/mol. The van der Waals surface area contributed by atoms with Crippen molar-refractivity contribution in [2.75, 3.05) is 0 Å². The number of hydrogen-bond donors (Lipinski definition) is 0. The molecule has 6 rings (SSSR count). The van der Waals surface area contributed by atoms with Gasteiger partial charge in [0.1, 0.15) is 0 Å². The van der Waals surface area contributed by atoms with Gasteiger partial charge in [-0.25, -0.2) is 0 Å². The minimum absolute atomic E-state index is 1.13. The molecule has 1 aromatic heterocycles. The highest BCUT2D eigenvalue weighted by atomic mass is 32.1. The van der Waals surface area contributed by atoms with Crippen molar-refractivity contribution in [3.05, 3.63) is 89.3 Å². The molecule has 0 unspecified atom stereocenters. The fourth-order valence-corrected chi connectivity index (χ4v) is 5.52. The van der Waals surface area contributed by atoms with Gasteiger partial charge in [0.2, 0.25) is 0 Å². The first-order valence-electron chi connectivity index (χ1n) is 9.51. The van der Waals surface area contributed by atoms with Gasteiger partial charge in [0.15, 0.2) is 0 Å². The number of allylic oxidation sites excluding steroid dienone is 1. The Morgan fingerprint density at radius 3 is 2.41 bits per heavy atom. The summed E-state index contributed by atoms with van der Waals surface area (Å²) in [7, 11) is 0. The lowest BCUT2D eigenvalue weighted by Gasteiger charge is -2.18. The van der Waals surface area contributed by atoms with Gasteiger partial charge in [0.25, 0.3) is 0 Å². The van der Waals surface area contributed by atoms with Crippen molar-refractivity contribution in [2.24, 2.45) is 0 Å². The number of fused-ring (bicyclic) bond motifs is 7. The van der Waals surface area contributed by atoms with Gasteiger partial charge in [0, 0.05) is 15.6 Å². The second-order valence-corrected chi connectivity index (χ2v) is 8.20. The fourth-order valence-electron chi connectivity index (χ4n) is 4.55. The van der Waals surface area contributed by atoms with Crippen molar-refractivity contribution >= 4 is 49.0 Å². The molecule has 1 heterocycles. The smallest absolute Gasteiger partial charge is 0.0349 e. The molecule has 0 atom stereocenters. The van der Waals surface area contributed by atoms with E-state index in [0.29, 0.717) is 0 Å². The second kappa shape index (κ2) is 5.80. The Bertz CT molecular complexity index is 1370. The van der Waals surface area contributed by atoms with Crippen LogP contribution in [0.4, 0.5) is 0 Å². The van der Waals surface area contributed by atoms with Crippen LogP contribution in [0.15, 0.2) is 78.2 Å². The molecule has 1 aliphatic rings. The van der Waals surface area contributed by atoms with Gasteiger partial charge in [-0.05, 0) is 68.6 Å². The summed E-state index contributed by atoms with van der Waals surface area (Å²) >= 11 is 1.83. The Kier molecular flexibility index (Phi) is 3.26. The Balaban J connectivity index is 1.71. The maximum atomic E-state index is 2.42. The first-order valence-corrected chi connectivity index (χ1v) is 10.4. The third-order valence-electron chi connectivity index (χ3n) is 5.81. The van der Waals surface area contributed by atoms with Crippen molar-refractivity contribution in [1.29, 1.82) is 0 Å². The van der Waals surface area contributed by atoms with E-state index < -0.39 is 0 Å². The van der Waals surface area contributed by atoms with Gasteiger partial charge < -0.3 is 0 Å². The zero-order valence-electron chi connectivity index (χ0n) is 14.9. The Labute approximate surface area is 162 Å². The van der Waals surface area contributed by atoms with E-state index in [1.807, 2.05) is 11.3 Å². The molecule has 0 saturated carbocycles. The Morgan fingerprint density at radius 1 is 0.704 bits per heavy atom. The fraction of sp³-hybridized carbons (Fsp3) is 0.0769. The van der Waals surface area contributed by atoms with Crippen LogP contribution in [-0.2, 0) is 6.42 Å². The van der Waals surface area contributed by atoms with Gasteiger partial charge in [-0.2, -0.15) is 0 Å². The van der Waals surface area contributed by atoms with Gasteiger partial charge in [-0.15, -0.1) is 11.3 Å². The van der Waals surface area contributed by atoms with Crippen LogP contribution in [0.3, 0.4) is 0 Å². The van der Waals surface area contributed by atoms with E-state index in [9.17, 15) is 0 Å². The van der Waals surface area contributed by atoms with E-state index >= 15 is 0 Å². The van der Waals surface area contributed by atoms with E-state index in [-0.39, 0.29) is 0 Å².